The van der Waals surface area contributed by atoms with Gasteiger partial charge in [0.2, 0.25) is 5.91 Å². The largest absolute Gasteiger partial charge is 0.389 e. The van der Waals surface area contributed by atoms with E-state index in [-0.39, 0.29) is 24.5 Å². The maximum Gasteiger partial charge on any atom is 0.242 e. The highest BCUT2D eigenvalue weighted by molar-refractivity contribution is 5.76. The van der Waals surface area contributed by atoms with Crippen LogP contribution < -0.4 is 5.32 Å². The second-order valence-electron chi connectivity index (χ2n) is 5.90. The number of aliphatic hydroxyl groups excluding tert-OH is 1. The Kier molecular flexibility index (Phi) is 3.98. The van der Waals surface area contributed by atoms with E-state index in [2.05, 4.69) is 15.4 Å². The van der Waals surface area contributed by atoms with E-state index in [0.29, 0.717) is 0 Å². The van der Waals surface area contributed by atoms with E-state index in [1.807, 2.05) is 30.7 Å². The van der Waals surface area contributed by atoms with Crippen molar-refractivity contribution >= 4 is 5.91 Å². The Morgan fingerprint density at radius 1 is 1.45 bits per heavy atom. The summed E-state index contributed by atoms with van der Waals surface area (Å²) in [5.74, 6) is -0.124. The normalized spacial score (nSPS) is 24.6. The van der Waals surface area contributed by atoms with E-state index in [1.54, 1.807) is 17.2 Å². The van der Waals surface area contributed by atoms with E-state index in [4.69, 9.17) is 0 Å². The summed E-state index contributed by atoms with van der Waals surface area (Å²) in [6.45, 7) is 4.00. The first-order valence-corrected chi connectivity index (χ1v) is 7.50. The van der Waals surface area contributed by atoms with Crippen molar-refractivity contribution < 1.29 is 9.90 Å². The molecule has 0 radical (unpaired) electrons. The van der Waals surface area contributed by atoms with Gasteiger partial charge in [0.15, 0.2) is 0 Å². The summed E-state index contributed by atoms with van der Waals surface area (Å²) in [6.07, 6.45) is 6.22. The van der Waals surface area contributed by atoms with Crippen LogP contribution >= 0.6 is 0 Å². The van der Waals surface area contributed by atoms with Crippen LogP contribution in [0.2, 0.25) is 0 Å². The van der Waals surface area contributed by atoms with Gasteiger partial charge in [-0.15, -0.1) is 0 Å². The highest BCUT2D eigenvalue weighted by Gasteiger charge is 2.36. The van der Waals surface area contributed by atoms with E-state index in [9.17, 15) is 9.90 Å². The molecule has 22 heavy (non-hydrogen) atoms. The van der Waals surface area contributed by atoms with Gasteiger partial charge in [0, 0.05) is 18.1 Å². The Bertz CT molecular complexity index is 649. The van der Waals surface area contributed by atoms with Crippen molar-refractivity contribution in [3.05, 3.63) is 36.2 Å². The summed E-state index contributed by atoms with van der Waals surface area (Å²) >= 11 is 0. The monoisotopic (exact) mass is 303 g/mol. The van der Waals surface area contributed by atoms with Gasteiger partial charge in [-0.3, -0.25) is 9.48 Å². The van der Waals surface area contributed by atoms with Gasteiger partial charge < -0.3 is 15.0 Å². The number of imidazole rings is 1. The van der Waals surface area contributed by atoms with Gasteiger partial charge in [-0.05, 0) is 32.8 Å². The first-order chi connectivity index (χ1) is 10.5. The van der Waals surface area contributed by atoms with Gasteiger partial charge in [-0.25, -0.2) is 4.98 Å². The number of carbonyl (C=O) groups excluding carboxylic acids is 1. The molecule has 3 rings (SSSR count). The zero-order valence-corrected chi connectivity index (χ0v) is 12.8. The molecule has 1 amide bonds. The third-order valence-electron chi connectivity index (χ3n) is 4.23. The lowest BCUT2D eigenvalue weighted by atomic mass is 10.1. The average molecular weight is 303 g/mol. The summed E-state index contributed by atoms with van der Waals surface area (Å²) < 4.78 is 3.58. The van der Waals surface area contributed by atoms with Gasteiger partial charge in [0.1, 0.15) is 6.54 Å². The van der Waals surface area contributed by atoms with Crippen molar-refractivity contribution in [3.63, 3.8) is 0 Å². The highest BCUT2D eigenvalue weighted by Crippen LogP contribution is 2.30. The number of hydrogen-bond donors (Lipinski definition) is 2. The minimum Gasteiger partial charge on any atom is -0.389 e. The highest BCUT2D eigenvalue weighted by atomic mass is 16.3. The molecule has 7 nitrogen and oxygen atoms in total. The first kappa shape index (κ1) is 14.8. The fourth-order valence-electron chi connectivity index (χ4n) is 3.13. The second kappa shape index (κ2) is 5.92. The van der Waals surface area contributed by atoms with Crippen molar-refractivity contribution in [2.45, 2.75) is 51.4 Å². The molecule has 0 saturated heterocycles. The third-order valence-corrected chi connectivity index (χ3v) is 4.23. The maximum atomic E-state index is 12.2. The van der Waals surface area contributed by atoms with E-state index < -0.39 is 6.10 Å². The maximum absolute atomic E-state index is 12.2. The number of nitrogens with one attached hydrogen (secondary N) is 1. The summed E-state index contributed by atoms with van der Waals surface area (Å²) in [5.41, 5.74) is 1.85. The molecule has 1 aliphatic rings. The molecule has 2 heterocycles. The molecule has 0 bridgehead atoms. The van der Waals surface area contributed by atoms with Gasteiger partial charge >= 0.3 is 0 Å². The molecular formula is C15H21N5O2. The van der Waals surface area contributed by atoms with Gasteiger partial charge in [0.05, 0.1) is 30.2 Å². The Morgan fingerprint density at radius 3 is 2.91 bits per heavy atom. The zero-order chi connectivity index (χ0) is 15.7. The van der Waals surface area contributed by atoms with Crippen LogP contribution in [-0.4, -0.2) is 42.5 Å². The lowest BCUT2D eigenvalue weighted by Crippen LogP contribution is -2.43. The standard InChI is InChI=1S/C15H21N5O2/c1-10-7-11(2)20(18-10)8-14(21)17-12-3-4-13(15(12)22)19-6-5-16-9-19/h5-7,9,12-13,15,22H,3-4,8H2,1-2H3,(H,17,21)/t12-,13-,15-/m1/s1. The molecule has 1 saturated carbocycles. The first-order valence-electron chi connectivity index (χ1n) is 7.50. The predicted octanol–water partition coefficient (Wildman–Crippen LogP) is 0.577. The molecule has 2 aromatic heterocycles. The van der Waals surface area contributed by atoms with Crippen LogP contribution in [0, 0.1) is 13.8 Å². The predicted molar refractivity (Wildman–Crippen MR) is 80.1 cm³/mol. The fraction of sp³-hybridized carbons (Fsp3) is 0.533. The average Bonchev–Trinajstić information content (AvgIpc) is 3.14. The molecular weight excluding hydrogens is 282 g/mol. The number of aliphatic hydroxyl groups is 1. The van der Waals surface area contributed by atoms with E-state index >= 15 is 0 Å². The lowest BCUT2D eigenvalue weighted by Gasteiger charge is -2.21. The topological polar surface area (TPSA) is 85.0 Å². The lowest BCUT2D eigenvalue weighted by molar-refractivity contribution is -0.123. The number of aromatic nitrogens is 4. The quantitative estimate of drug-likeness (QED) is 0.865. The van der Waals surface area contributed by atoms with Crippen molar-refractivity contribution in [1.29, 1.82) is 0 Å². The van der Waals surface area contributed by atoms with Crippen LogP contribution in [0.4, 0.5) is 0 Å². The second-order valence-corrected chi connectivity index (χ2v) is 5.90. The van der Waals surface area contributed by atoms with Crippen LogP contribution in [-0.2, 0) is 11.3 Å². The smallest absolute Gasteiger partial charge is 0.242 e. The minimum absolute atomic E-state index is 0.0264. The van der Waals surface area contributed by atoms with Crippen molar-refractivity contribution in [2.24, 2.45) is 0 Å². The van der Waals surface area contributed by atoms with Crippen LogP contribution in [0.5, 0.6) is 0 Å². The summed E-state index contributed by atoms with van der Waals surface area (Å²) in [6, 6.07) is 1.69. The Labute approximate surface area is 129 Å². The number of aryl methyl sites for hydroxylation is 2. The van der Waals surface area contributed by atoms with Crippen LogP contribution in [0.15, 0.2) is 24.8 Å². The SMILES string of the molecule is Cc1cc(C)n(CC(=O)N[C@@H]2CC[C@@H](n3ccnc3)[C@@H]2O)n1. The minimum atomic E-state index is -0.599. The molecule has 3 atom stereocenters. The van der Waals surface area contributed by atoms with Crippen molar-refractivity contribution in [2.75, 3.05) is 0 Å². The zero-order valence-electron chi connectivity index (χ0n) is 12.8. The molecule has 1 aliphatic carbocycles. The van der Waals surface area contributed by atoms with Crippen LogP contribution in [0.1, 0.15) is 30.3 Å². The Balaban J connectivity index is 1.59. The molecule has 2 aromatic rings. The number of nitrogens with zero attached hydrogens (tertiary/aromatic N) is 4. The molecule has 1 fully saturated rings. The van der Waals surface area contributed by atoms with Crippen LogP contribution in [0.3, 0.4) is 0 Å². The molecule has 0 aliphatic heterocycles. The van der Waals surface area contributed by atoms with Crippen molar-refractivity contribution in [3.8, 4) is 0 Å². The van der Waals surface area contributed by atoms with E-state index in [1.165, 1.54) is 0 Å². The third kappa shape index (κ3) is 2.89. The number of carbonyl (C=O) groups is 1. The van der Waals surface area contributed by atoms with E-state index in [0.717, 1.165) is 24.2 Å². The summed E-state index contributed by atoms with van der Waals surface area (Å²) in [4.78, 5) is 16.2. The van der Waals surface area contributed by atoms with Gasteiger partial charge in [0.25, 0.3) is 0 Å². The Hall–Kier alpha value is -2.15. The fourth-order valence-corrected chi connectivity index (χ4v) is 3.13. The molecule has 118 valence electrons. The number of hydrogen-bond acceptors (Lipinski definition) is 4. The molecule has 7 heteroatoms. The summed E-state index contributed by atoms with van der Waals surface area (Å²) in [7, 11) is 0. The number of rotatable bonds is 4. The molecule has 0 unspecified atom stereocenters. The number of amides is 1. The molecule has 2 N–H and O–H groups in total. The van der Waals surface area contributed by atoms with Crippen LogP contribution in [0.25, 0.3) is 0 Å². The van der Waals surface area contributed by atoms with Gasteiger partial charge in [-0.2, -0.15) is 5.10 Å². The molecule has 0 aromatic carbocycles. The van der Waals surface area contributed by atoms with Crippen molar-refractivity contribution in [1.82, 2.24) is 24.6 Å². The van der Waals surface area contributed by atoms with Gasteiger partial charge in [-0.1, -0.05) is 0 Å². The Morgan fingerprint density at radius 2 is 2.27 bits per heavy atom. The summed E-state index contributed by atoms with van der Waals surface area (Å²) in [5, 5.41) is 17.6. The molecule has 0 spiro atoms.